The van der Waals surface area contributed by atoms with E-state index in [1.165, 1.54) is 0 Å². The van der Waals surface area contributed by atoms with Crippen LogP contribution >= 0.6 is 23.2 Å². The minimum absolute atomic E-state index is 0.448. The quantitative estimate of drug-likeness (QED) is 0.573. The fraction of sp³-hybridized carbons (Fsp3) is 0.500. The summed E-state index contributed by atoms with van der Waals surface area (Å²) in [6.07, 6.45) is 5.00. The van der Waals surface area contributed by atoms with Gasteiger partial charge >= 0.3 is 0 Å². The van der Waals surface area contributed by atoms with Crippen LogP contribution in [-0.4, -0.2) is 0 Å². The number of hydrogen-bond acceptors (Lipinski definition) is 0. The molecule has 0 aliphatic heterocycles. The van der Waals surface area contributed by atoms with Crippen molar-refractivity contribution in [3.63, 3.8) is 0 Å². The first kappa shape index (κ1) is 8.16. The van der Waals surface area contributed by atoms with Gasteiger partial charge in [-0.2, -0.15) is 0 Å². The summed E-state index contributed by atoms with van der Waals surface area (Å²) in [6, 6.07) is 0. The van der Waals surface area contributed by atoms with Crippen LogP contribution < -0.4 is 0 Å². The Hall–Kier alpha value is 0.0600. The van der Waals surface area contributed by atoms with Crippen LogP contribution in [0.5, 0.6) is 0 Å². The summed E-state index contributed by atoms with van der Waals surface area (Å²) in [5, 5.41) is 1.73. The summed E-state index contributed by atoms with van der Waals surface area (Å²) in [5.41, 5.74) is 0. The van der Waals surface area contributed by atoms with Crippen molar-refractivity contribution in [1.82, 2.24) is 0 Å². The van der Waals surface area contributed by atoms with Gasteiger partial charge in [-0.3, -0.25) is 0 Å². The van der Waals surface area contributed by atoms with Gasteiger partial charge in [0.25, 0.3) is 0 Å². The maximum absolute atomic E-state index is 5.77. The standard InChI is InChI=1S/C8H10Cl2/c1-6(9)7-2-4-8(10)5-3-7/h4,7H,1-3,5H2. The summed E-state index contributed by atoms with van der Waals surface area (Å²) >= 11 is 11.5. The van der Waals surface area contributed by atoms with Crippen molar-refractivity contribution >= 4 is 23.2 Å². The number of allylic oxidation sites excluding steroid dienone is 3. The number of rotatable bonds is 1. The molecule has 1 aliphatic rings. The van der Waals surface area contributed by atoms with Crippen LogP contribution in [0.15, 0.2) is 22.7 Å². The molecule has 0 saturated carbocycles. The van der Waals surface area contributed by atoms with Crippen LogP contribution in [0.3, 0.4) is 0 Å². The summed E-state index contributed by atoms with van der Waals surface area (Å²) in [5.74, 6) is 0.448. The molecule has 0 radical (unpaired) electrons. The molecular formula is C8H10Cl2. The Labute approximate surface area is 71.5 Å². The van der Waals surface area contributed by atoms with Crippen molar-refractivity contribution in [1.29, 1.82) is 0 Å². The minimum Gasteiger partial charge on any atom is -0.0895 e. The predicted octanol–water partition coefficient (Wildman–Crippen LogP) is 3.66. The molecule has 0 bridgehead atoms. The molecule has 0 aromatic carbocycles. The third kappa shape index (κ3) is 2.03. The molecule has 0 N–H and O–H groups in total. The molecule has 0 aromatic heterocycles. The van der Waals surface area contributed by atoms with E-state index in [-0.39, 0.29) is 0 Å². The van der Waals surface area contributed by atoms with Crippen molar-refractivity contribution < 1.29 is 0 Å². The highest BCUT2D eigenvalue weighted by molar-refractivity contribution is 6.30. The normalized spacial score (nSPS) is 25.8. The van der Waals surface area contributed by atoms with Crippen molar-refractivity contribution in [3.8, 4) is 0 Å². The van der Waals surface area contributed by atoms with Gasteiger partial charge in [0.05, 0.1) is 0 Å². The van der Waals surface area contributed by atoms with Crippen LogP contribution in [0.1, 0.15) is 19.3 Å². The van der Waals surface area contributed by atoms with Gasteiger partial charge in [0, 0.05) is 10.1 Å². The van der Waals surface area contributed by atoms with E-state index < -0.39 is 0 Å². The highest BCUT2D eigenvalue weighted by atomic mass is 35.5. The lowest BCUT2D eigenvalue weighted by Crippen LogP contribution is -2.02. The zero-order valence-electron chi connectivity index (χ0n) is 5.74. The highest BCUT2D eigenvalue weighted by Crippen LogP contribution is 2.31. The Balaban J connectivity index is 2.50. The van der Waals surface area contributed by atoms with Gasteiger partial charge in [-0.1, -0.05) is 35.9 Å². The molecule has 0 spiro atoms. The van der Waals surface area contributed by atoms with Crippen LogP contribution in [0, 0.1) is 5.92 Å². The molecule has 0 amide bonds. The van der Waals surface area contributed by atoms with Gasteiger partial charge in [-0.25, -0.2) is 0 Å². The smallest absolute Gasteiger partial charge is 0.0143 e. The lowest BCUT2D eigenvalue weighted by Gasteiger charge is -2.17. The summed E-state index contributed by atoms with van der Waals surface area (Å²) in [7, 11) is 0. The van der Waals surface area contributed by atoms with Crippen LogP contribution in [0.4, 0.5) is 0 Å². The maximum atomic E-state index is 5.77. The lowest BCUT2D eigenvalue weighted by molar-refractivity contribution is 0.570. The Morgan fingerprint density at radius 3 is 2.80 bits per heavy atom. The first-order chi connectivity index (χ1) is 4.70. The summed E-state index contributed by atoms with van der Waals surface area (Å²) in [4.78, 5) is 0. The topological polar surface area (TPSA) is 0 Å². The zero-order chi connectivity index (χ0) is 7.56. The summed E-state index contributed by atoms with van der Waals surface area (Å²) < 4.78 is 0. The van der Waals surface area contributed by atoms with Crippen molar-refractivity contribution in [3.05, 3.63) is 22.7 Å². The molecule has 2 heteroatoms. The monoisotopic (exact) mass is 176 g/mol. The van der Waals surface area contributed by atoms with E-state index in [1.807, 2.05) is 6.08 Å². The van der Waals surface area contributed by atoms with E-state index in [0.29, 0.717) is 5.92 Å². The van der Waals surface area contributed by atoms with Gasteiger partial charge in [-0.05, 0) is 25.2 Å². The second-order valence-corrected chi connectivity index (χ2v) is 3.54. The summed E-state index contributed by atoms with van der Waals surface area (Å²) in [6.45, 7) is 3.70. The molecule has 0 nitrogen and oxygen atoms in total. The van der Waals surface area contributed by atoms with Gasteiger partial charge in [0.2, 0.25) is 0 Å². The first-order valence-electron chi connectivity index (χ1n) is 3.39. The van der Waals surface area contributed by atoms with Gasteiger partial charge in [-0.15, -0.1) is 0 Å². The molecular weight excluding hydrogens is 167 g/mol. The maximum Gasteiger partial charge on any atom is 0.0143 e. The molecule has 1 unspecified atom stereocenters. The van der Waals surface area contributed by atoms with E-state index in [4.69, 9.17) is 23.2 Å². The van der Waals surface area contributed by atoms with Crippen molar-refractivity contribution in [2.24, 2.45) is 5.92 Å². The van der Waals surface area contributed by atoms with Crippen LogP contribution in [0.2, 0.25) is 0 Å². The Morgan fingerprint density at radius 1 is 1.70 bits per heavy atom. The molecule has 0 heterocycles. The average Bonchev–Trinajstić information content (AvgIpc) is 1.88. The number of halogens is 2. The van der Waals surface area contributed by atoms with Crippen LogP contribution in [0.25, 0.3) is 0 Å². The number of hydrogen-bond donors (Lipinski definition) is 0. The van der Waals surface area contributed by atoms with E-state index in [9.17, 15) is 0 Å². The third-order valence-electron chi connectivity index (χ3n) is 1.80. The van der Waals surface area contributed by atoms with E-state index >= 15 is 0 Å². The SMILES string of the molecule is C=C(Cl)C1CC=C(Cl)CC1. The van der Waals surface area contributed by atoms with Crippen molar-refractivity contribution in [2.75, 3.05) is 0 Å². The molecule has 1 aliphatic carbocycles. The zero-order valence-corrected chi connectivity index (χ0v) is 7.25. The van der Waals surface area contributed by atoms with E-state index in [1.54, 1.807) is 0 Å². The van der Waals surface area contributed by atoms with Crippen molar-refractivity contribution in [2.45, 2.75) is 19.3 Å². The fourth-order valence-electron chi connectivity index (χ4n) is 1.09. The molecule has 10 heavy (non-hydrogen) atoms. The molecule has 0 fully saturated rings. The van der Waals surface area contributed by atoms with Crippen LogP contribution in [-0.2, 0) is 0 Å². The molecule has 0 saturated heterocycles. The Kier molecular flexibility index (Phi) is 2.82. The average molecular weight is 177 g/mol. The second kappa shape index (κ2) is 3.45. The van der Waals surface area contributed by atoms with E-state index in [2.05, 4.69) is 6.58 Å². The highest BCUT2D eigenvalue weighted by Gasteiger charge is 2.14. The minimum atomic E-state index is 0.448. The Morgan fingerprint density at radius 2 is 2.40 bits per heavy atom. The molecule has 56 valence electrons. The largest absolute Gasteiger partial charge is 0.0895 e. The van der Waals surface area contributed by atoms with Gasteiger partial charge < -0.3 is 0 Å². The molecule has 1 atom stereocenters. The Bertz CT molecular complexity index is 170. The molecule has 1 rings (SSSR count). The van der Waals surface area contributed by atoms with Gasteiger partial charge in [0.15, 0.2) is 0 Å². The first-order valence-corrected chi connectivity index (χ1v) is 4.14. The molecule has 0 aromatic rings. The third-order valence-corrected chi connectivity index (χ3v) is 2.45. The lowest BCUT2D eigenvalue weighted by atomic mass is 9.94. The van der Waals surface area contributed by atoms with Gasteiger partial charge in [0.1, 0.15) is 0 Å². The van der Waals surface area contributed by atoms with E-state index in [0.717, 1.165) is 29.3 Å². The fourth-order valence-corrected chi connectivity index (χ4v) is 1.48. The predicted molar refractivity (Wildman–Crippen MR) is 46.3 cm³/mol. The second-order valence-electron chi connectivity index (χ2n) is 2.57.